The molecule has 1 aromatic carbocycles. The molecule has 1 aliphatic rings. The van der Waals surface area contributed by atoms with Gasteiger partial charge in [0.2, 0.25) is 0 Å². The maximum absolute atomic E-state index is 5.45. The van der Waals surface area contributed by atoms with Gasteiger partial charge in [0.1, 0.15) is 0 Å². The fourth-order valence-electron chi connectivity index (χ4n) is 2.92. The molecule has 0 atom stereocenters. The highest BCUT2D eigenvalue weighted by Gasteiger charge is 2.28. The van der Waals surface area contributed by atoms with E-state index in [1.807, 2.05) is 18.8 Å². The first-order chi connectivity index (χ1) is 12.5. The van der Waals surface area contributed by atoms with E-state index in [4.69, 9.17) is 4.74 Å². The van der Waals surface area contributed by atoms with Crippen molar-refractivity contribution >= 4 is 41.7 Å². The number of hydrogen-bond acceptors (Lipinski definition) is 4. The van der Waals surface area contributed by atoms with E-state index in [0.717, 1.165) is 56.9 Å². The zero-order valence-corrected chi connectivity index (χ0v) is 20.2. The molecule has 7 heteroatoms. The Labute approximate surface area is 186 Å². The van der Waals surface area contributed by atoms with Gasteiger partial charge in [-0.1, -0.05) is 29.8 Å². The molecule has 0 aromatic heterocycles. The largest absolute Gasteiger partial charge is 0.379 e. The Hall–Kier alpha value is -0.510. The molecule has 1 aromatic rings. The monoisotopic (exact) mass is 506 g/mol. The third-order valence-electron chi connectivity index (χ3n) is 4.71. The average molecular weight is 506 g/mol. The molecule has 0 radical (unpaired) electrons. The lowest BCUT2D eigenvalue weighted by Gasteiger charge is -2.41. The molecular formula is C20H35IN4OS. The van der Waals surface area contributed by atoms with Gasteiger partial charge in [-0.05, 0) is 26.3 Å². The minimum absolute atomic E-state index is 0. The molecule has 2 N–H and O–H groups in total. The summed E-state index contributed by atoms with van der Waals surface area (Å²) in [7, 11) is 1.83. The quantitative estimate of drug-likeness (QED) is 0.246. The van der Waals surface area contributed by atoms with Gasteiger partial charge in [-0.15, -0.1) is 24.0 Å². The Kier molecular flexibility index (Phi) is 11.7. The van der Waals surface area contributed by atoms with Crippen LogP contribution in [0.4, 0.5) is 0 Å². The van der Waals surface area contributed by atoms with Crippen molar-refractivity contribution in [3.8, 4) is 0 Å². The van der Waals surface area contributed by atoms with Crippen molar-refractivity contribution in [3.05, 3.63) is 35.4 Å². The lowest BCUT2D eigenvalue weighted by Crippen LogP contribution is -2.56. The number of guanidine groups is 1. The van der Waals surface area contributed by atoms with Gasteiger partial charge >= 0.3 is 0 Å². The summed E-state index contributed by atoms with van der Waals surface area (Å²) in [5.74, 6) is 2.99. The Morgan fingerprint density at radius 1 is 1.19 bits per heavy atom. The number of rotatable bonds is 8. The van der Waals surface area contributed by atoms with Crippen LogP contribution in [0.5, 0.6) is 0 Å². The molecule has 0 bridgehead atoms. The van der Waals surface area contributed by atoms with Crippen molar-refractivity contribution in [1.82, 2.24) is 15.5 Å². The molecule has 1 fully saturated rings. The molecule has 0 amide bonds. The first-order valence-corrected chi connectivity index (χ1v) is 10.6. The van der Waals surface area contributed by atoms with Crippen LogP contribution in [0.15, 0.2) is 29.3 Å². The fourth-order valence-corrected chi connectivity index (χ4v) is 3.74. The zero-order valence-electron chi connectivity index (χ0n) is 17.1. The number of nitrogens with one attached hydrogen (secondary N) is 2. The van der Waals surface area contributed by atoms with Gasteiger partial charge in [-0.25, -0.2) is 0 Å². The van der Waals surface area contributed by atoms with Gasteiger partial charge in [0.05, 0.1) is 13.2 Å². The van der Waals surface area contributed by atoms with Crippen molar-refractivity contribution in [1.29, 1.82) is 0 Å². The van der Waals surface area contributed by atoms with Crippen LogP contribution in [0.1, 0.15) is 25.0 Å². The van der Waals surface area contributed by atoms with Crippen molar-refractivity contribution in [3.63, 3.8) is 0 Å². The summed E-state index contributed by atoms with van der Waals surface area (Å²) < 4.78 is 5.45. The second-order valence-electron chi connectivity index (χ2n) is 7.30. The molecule has 1 aliphatic heterocycles. The zero-order chi connectivity index (χ0) is 18.8. The predicted octanol–water partition coefficient (Wildman–Crippen LogP) is 3.12. The molecule has 27 heavy (non-hydrogen) atoms. The van der Waals surface area contributed by atoms with Crippen LogP contribution in [0, 0.1) is 6.92 Å². The third kappa shape index (κ3) is 9.02. The first-order valence-electron chi connectivity index (χ1n) is 9.42. The van der Waals surface area contributed by atoms with Crippen LogP contribution in [0.2, 0.25) is 0 Å². The minimum atomic E-state index is 0. The summed E-state index contributed by atoms with van der Waals surface area (Å²) in [6, 6.07) is 8.78. The SMILES string of the molecule is CN=C(NCCSCc1ccc(C)cc1)NCC(C)(C)N1CCOCC1.I. The Morgan fingerprint density at radius 2 is 1.85 bits per heavy atom. The summed E-state index contributed by atoms with van der Waals surface area (Å²) in [6.07, 6.45) is 0. The molecule has 0 spiro atoms. The van der Waals surface area contributed by atoms with Crippen molar-refractivity contribution in [2.24, 2.45) is 4.99 Å². The third-order valence-corrected chi connectivity index (χ3v) is 5.74. The molecule has 0 aliphatic carbocycles. The highest BCUT2D eigenvalue weighted by atomic mass is 127. The number of benzene rings is 1. The van der Waals surface area contributed by atoms with Gasteiger partial charge in [0.25, 0.3) is 0 Å². The van der Waals surface area contributed by atoms with Crippen LogP contribution in [-0.4, -0.2) is 68.6 Å². The number of aryl methyl sites for hydroxylation is 1. The summed E-state index contributed by atoms with van der Waals surface area (Å²) >= 11 is 1.94. The number of halogens is 1. The summed E-state index contributed by atoms with van der Waals surface area (Å²) in [5, 5.41) is 6.88. The number of morpholine rings is 1. The highest BCUT2D eigenvalue weighted by molar-refractivity contribution is 14.0. The van der Waals surface area contributed by atoms with Crippen LogP contribution in [0.3, 0.4) is 0 Å². The van der Waals surface area contributed by atoms with E-state index in [0.29, 0.717) is 0 Å². The highest BCUT2D eigenvalue weighted by Crippen LogP contribution is 2.15. The van der Waals surface area contributed by atoms with Crippen molar-refractivity contribution in [2.75, 3.05) is 52.2 Å². The fraction of sp³-hybridized carbons (Fsp3) is 0.650. The molecule has 1 saturated heterocycles. The maximum atomic E-state index is 5.45. The minimum Gasteiger partial charge on any atom is -0.379 e. The van der Waals surface area contributed by atoms with Crippen LogP contribution < -0.4 is 10.6 Å². The summed E-state index contributed by atoms with van der Waals surface area (Å²) in [6.45, 7) is 12.1. The van der Waals surface area contributed by atoms with Gasteiger partial charge < -0.3 is 15.4 Å². The number of thioether (sulfide) groups is 1. The maximum Gasteiger partial charge on any atom is 0.191 e. The lowest BCUT2D eigenvalue weighted by atomic mass is 10.0. The first kappa shape index (κ1) is 24.5. The lowest BCUT2D eigenvalue weighted by molar-refractivity contribution is -0.00833. The Bertz CT molecular complexity index is 560. The molecule has 0 saturated carbocycles. The molecular weight excluding hydrogens is 471 g/mol. The normalized spacial score (nSPS) is 15.9. The van der Waals surface area contributed by atoms with Crippen LogP contribution in [0.25, 0.3) is 0 Å². The molecule has 2 rings (SSSR count). The standard InChI is InChI=1S/C20H34N4OS.HI/c1-17-5-7-18(8-6-17)15-26-14-9-22-19(21-4)23-16-20(2,3)24-10-12-25-13-11-24;/h5-8H,9-16H2,1-4H3,(H2,21,22,23);1H. The van der Waals surface area contributed by atoms with E-state index in [-0.39, 0.29) is 29.5 Å². The Balaban J connectivity index is 0.00000364. The van der Waals surface area contributed by atoms with E-state index >= 15 is 0 Å². The van der Waals surface area contributed by atoms with Gasteiger partial charge in [-0.2, -0.15) is 11.8 Å². The second-order valence-corrected chi connectivity index (χ2v) is 8.41. The van der Waals surface area contributed by atoms with Crippen LogP contribution >= 0.6 is 35.7 Å². The van der Waals surface area contributed by atoms with E-state index in [1.54, 1.807) is 0 Å². The number of hydrogen-bond donors (Lipinski definition) is 2. The summed E-state index contributed by atoms with van der Waals surface area (Å²) in [4.78, 5) is 6.82. The number of aliphatic imine (C=N–C) groups is 1. The molecule has 154 valence electrons. The smallest absolute Gasteiger partial charge is 0.191 e. The average Bonchev–Trinajstić information content (AvgIpc) is 2.66. The molecule has 5 nitrogen and oxygen atoms in total. The van der Waals surface area contributed by atoms with E-state index < -0.39 is 0 Å². The van der Waals surface area contributed by atoms with Gasteiger partial charge in [0.15, 0.2) is 5.96 Å². The second kappa shape index (κ2) is 12.9. The van der Waals surface area contributed by atoms with Gasteiger partial charge in [-0.3, -0.25) is 9.89 Å². The van der Waals surface area contributed by atoms with Crippen LogP contribution in [-0.2, 0) is 10.5 Å². The predicted molar refractivity (Wildman–Crippen MR) is 129 cm³/mol. The van der Waals surface area contributed by atoms with Gasteiger partial charge in [0, 0.05) is 50.3 Å². The van der Waals surface area contributed by atoms with E-state index in [1.165, 1.54) is 11.1 Å². The number of ether oxygens (including phenoxy) is 1. The van der Waals surface area contributed by atoms with Crippen molar-refractivity contribution in [2.45, 2.75) is 32.1 Å². The van der Waals surface area contributed by atoms with E-state index in [2.05, 4.69) is 65.6 Å². The molecule has 0 unspecified atom stereocenters. The topological polar surface area (TPSA) is 48.9 Å². The Morgan fingerprint density at radius 3 is 2.48 bits per heavy atom. The van der Waals surface area contributed by atoms with E-state index in [9.17, 15) is 0 Å². The molecule has 1 heterocycles. The number of nitrogens with zero attached hydrogens (tertiary/aromatic N) is 2. The van der Waals surface area contributed by atoms with Crippen molar-refractivity contribution < 1.29 is 4.74 Å². The summed E-state index contributed by atoms with van der Waals surface area (Å²) in [5.41, 5.74) is 2.78.